The number of aryl methyl sites for hydroxylation is 1. The average molecular weight is 426 g/mol. The number of carbonyl (C=O) groups is 2. The summed E-state index contributed by atoms with van der Waals surface area (Å²) in [6.45, 7) is 7.88. The molecule has 0 saturated carbocycles. The van der Waals surface area contributed by atoms with Gasteiger partial charge < -0.3 is 19.1 Å². The van der Waals surface area contributed by atoms with Crippen molar-refractivity contribution in [1.82, 2.24) is 24.3 Å². The Labute approximate surface area is 183 Å². The highest BCUT2D eigenvalue weighted by Gasteiger charge is 2.29. The predicted octanol–water partition coefficient (Wildman–Crippen LogP) is 2.28. The smallest absolute Gasteiger partial charge is 0.255 e. The molecule has 1 atom stereocenters. The second-order valence-corrected chi connectivity index (χ2v) is 8.26. The molecule has 0 bridgehead atoms. The number of hydrogen-bond acceptors (Lipinski definition) is 5. The highest BCUT2D eigenvalue weighted by atomic mass is 16.5. The number of piperidine rings is 1. The van der Waals surface area contributed by atoms with E-state index in [2.05, 4.69) is 9.97 Å². The monoisotopic (exact) mass is 425 g/mol. The van der Waals surface area contributed by atoms with E-state index >= 15 is 0 Å². The number of amides is 2. The summed E-state index contributed by atoms with van der Waals surface area (Å²) < 4.78 is 7.29. The van der Waals surface area contributed by atoms with Gasteiger partial charge in [0.2, 0.25) is 5.91 Å². The summed E-state index contributed by atoms with van der Waals surface area (Å²) >= 11 is 0. The van der Waals surface area contributed by atoms with Gasteiger partial charge in [-0.25, -0.2) is 4.98 Å². The van der Waals surface area contributed by atoms with Crippen molar-refractivity contribution in [3.8, 4) is 0 Å². The Morgan fingerprint density at radius 2 is 1.84 bits per heavy atom. The Morgan fingerprint density at radius 1 is 1.10 bits per heavy atom. The van der Waals surface area contributed by atoms with Gasteiger partial charge in [0.25, 0.3) is 5.91 Å². The lowest BCUT2D eigenvalue weighted by Gasteiger charge is -2.34. The average Bonchev–Trinajstić information content (AvgIpc) is 3.32. The second kappa shape index (κ2) is 9.60. The Balaban J connectivity index is 1.33. The van der Waals surface area contributed by atoms with Crippen molar-refractivity contribution in [2.45, 2.75) is 45.1 Å². The SMILES string of the molecule is CCc1nccn1[C@@H](C)C(=O)N1CCC(c2ccc(C(=O)N3CCOCC3)cn2)CC1. The molecule has 4 rings (SSSR count). The Hall–Kier alpha value is -2.74. The molecular weight excluding hydrogens is 394 g/mol. The molecule has 2 amide bonds. The van der Waals surface area contributed by atoms with E-state index in [1.807, 2.05) is 46.5 Å². The maximum absolute atomic E-state index is 13.0. The van der Waals surface area contributed by atoms with Crippen LogP contribution in [0.25, 0.3) is 0 Å². The van der Waals surface area contributed by atoms with Crippen molar-refractivity contribution in [2.24, 2.45) is 0 Å². The lowest BCUT2D eigenvalue weighted by molar-refractivity contribution is -0.135. The van der Waals surface area contributed by atoms with Gasteiger partial charge in [0.1, 0.15) is 11.9 Å². The van der Waals surface area contributed by atoms with Gasteiger partial charge in [-0.1, -0.05) is 6.92 Å². The molecule has 8 heteroatoms. The van der Waals surface area contributed by atoms with E-state index in [1.54, 1.807) is 12.4 Å². The summed E-state index contributed by atoms with van der Waals surface area (Å²) in [5, 5.41) is 0. The number of likely N-dealkylation sites (tertiary alicyclic amines) is 1. The molecule has 2 aliphatic rings. The first kappa shape index (κ1) is 21.5. The zero-order valence-electron chi connectivity index (χ0n) is 18.4. The Bertz CT molecular complexity index is 896. The van der Waals surface area contributed by atoms with E-state index in [-0.39, 0.29) is 17.9 Å². The molecule has 0 aromatic carbocycles. The zero-order chi connectivity index (χ0) is 21.8. The highest BCUT2D eigenvalue weighted by Crippen LogP contribution is 2.28. The van der Waals surface area contributed by atoms with Crippen molar-refractivity contribution in [3.05, 3.63) is 47.8 Å². The van der Waals surface area contributed by atoms with E-state index in [0.29, 0.717) is 37.8 Å². The normalized spacial score (nSPS) is 18.8. The third kappa shape index (κ3) is 4.63. The van der Waals surface area contributed by atoms with E-state index in [9.17, 15) is 9.59 Å². The molecule has 2 aliphatic heterocycles. The third-order valence-corrected chi connectivity index (χ3v) is 6.40. The summed E-state index contributed by atoms with van der Waals surface area (Å²) in [5.74, 6) is 1.41. The number of hydrogen-bond donors (Lipinski definition) is 0. The standard InChI is InChI=1S/C23H31N5O3/c1-3-21-24-8-11-28(21)17(2)22(29)26-9-6-18(7-10-26)20-5-4-19(16-25-20)23(30)27-12-14-31-15-13-27/h4-5,8,11,16-18H,3,6-7,9-10,12-15H2,1-2H3/t17-/m0/s1. The molecule has 2 fully saturated rings. The predicted molar refractivity (Wildman–Crippen MR) is 116 cm³/mol. The minimum absolute atomic E-state index is 0.0164. The van der Waals surface area contributed by atoms with Crippen LogP contribution in [0.4, 0.5) is 0 Å². The van der Waals surface area contributed by atoms with Gasteiger partial charge in [-0.2, -0.15) is 0 Å². The summed E-state index contributed by atoms with van der Waals surface area (Å²) in [7, 11) is 0. The van der Waals surface area contributed by atoms with Crippen LogP contribution in [0.5, 0.6) is 0 Å². The number of carbonyl (C=O) groups excluding carboxylic acids is 2. The van der Waals surface area contributed by atoms with Crippen molar-refractivity contribution in [1.29, 1.82) is 0 Å². The molecule has 0 radical (unpaired) electrons. The van der Waals surface area contributed by atoms with Crippen molar-refractivity contribution < 1.29 is 14.3 Å². The first-order valence-corrected chi connectivity index (χ1v) is 11.2. The first-order chi connectivity index (χ1) is 15.1. The maximum atomic E-state index is 13.0. The largest absolute Gasteiger partial charge is 0.378 e. The number of pyridine rings is 1. The first-order valence-electron chi connectivity index (χ1n) is 11.2. The third-order valence-electron chi connectivity index (χ3n) is 6.40. The summed E-state index contributed by atoms with van der Waals surface area (Å²) in [6.07, 6.45) is 7.91. The van der Waals surface area contributed by atoms with Gasteiger partial charge in [-0.15, -0.1) is 0 Å². The number of imidazole rings is 1. The number of morpholine rings is 1. The van der Waals surface area contributed by atoms with Crippen LogP contribution in [0.1, 0.15) is 60.5 Å². The fraction of sp³-hybridized carbons (Fsp3) is 0.565. The van der Waals surface area contributed by atoms with Crippen molar-refractivity contribution >= 4 is 11.8 Å². The van der Waals surface area contributed by atoms with Crippen LogP contribution in [-0.2, 0) is 16.0 Å². The van der Waals surface area contributed by atoms with Crippen LogP contribution in [0, 0.1) is 0 Å². The molecule has 0 spiro atoms. The molecule has 166 valence electrons. The summed E-state index contributed by atoms with van der Waals surface area (Å²) in [6, 6.07) is 3.61. The van der Waals surface area contributed by atoms with Gasteiger partial charge in [0.05, 0.1) is 18.8 Å². The van der Waals surface area contributed by atoms with Gasteiger partial charge in [-0.3, -0.25) is 14.6 Å². The van der Waals surface area contributed by atoms with E-state index in [4.69, 9.17) is 4.74 Å². The number of nitrogens with zero attached hydrogens (tertiary/aromatic N) is 5. The highest BCUT2D eigenvalue weighted by molar-refractivity contribution is 5.94. The molecule has 31 heavy (non-hydrogen) atoms. The molecule has 2 aromatic rings. The molecule has 8 nitrogen and oxygen atoms in total. The minimum atomic E-state index is -0.238. The molecule has 0 N–H and O–H groups in total. The van der Waals surface area contributed by atoms with E-state index in [0.717, 1.165) is 43.9 Å². The summed E-state index contributed by atoms with van der Waals surface area (Å²) in [5.41, 5.74) is 1.63. The molecule has 2 saturated heterocycles. The number of ether oxygens (including phenoxy) is 1. The summed E-state index contributed by atoms with van der Waals surface area (Å²) in [4.78, 5) is 38.3. The maximum Gasteiger partial charge on any atom is 0.255 e. The molecular formula is C23H31N5O3. The van der Waals surface area contributed by atoms with Crippen LogP contribution >= 0.6 is 0 Å². The quantitative estimate of drug-likeness (QED) is 0.734. The Morgan fingerprint density at radius 3 is 2.48 bits per heavy atom. The fourth-order valence-corrected chi connectivity index (χ4v) is 4.47. The van der Waals surface area contributed by atoms with Gasteiger partial charge in [-0.05, 0) is 31.9 Å². The molecule has 4 heterocycles. The topological polar surface area (TPSA) is 80.6 Å². The minimum Gasteiger partial charge on any atom is -0.378 e. The van der Waals surface area contributed by atoms with Crippen LogP contribution in [0.15, 0.2) is 30.7 Å². The van der Waals surface area contributed by atoms with E-state index in [1.165, 1.54) is 0 Å². The zero-order valence-corrected chi connectivity index (χ0v) is 18.4. The fourth-order valence-electron chi connectivity index (χ4n) is 4.47. The Kier molecular flexibility index (Phi) is 6.65. The van der Waals surface area contributed by atoms with Crippen molar-refractivity contribution in [2.75, 3.05) is 39.4 Å². The van der Waals surface area contributed by atoms with Crippen LogP contribution in [0.2, 0.25) is 0 Å². The number of rotatable bonds is 5. The van der Waals surface area contributed by atoms with Gasteiger partial charge in [0.15, 0.2) is 0 Å². The molecule has 0 unspecified atom stereocenters. The van der Waals surface area contributed by atoms with Gasteiger partial charge in [0, 0.05) is 62.8 Å². The van der Waals surface area contributed by atoms with Crippen molar-refractivity contribution in [3.63, 3.8) is 0 Å². The van der Waals surface area contributed by atoms with Crippen LogP contribution < -0.4 is 0 Å². The second-order valence-electron chi connectivity index (χ2n) is 8.26. The molecule has 2 aromatic heterocycles. The lowest BCUT2D eigenvalue weighted by atomic mass is 9.92. The number of aromatic nitrogens is 3. The van der Waals surface area contributed by atoms with Crippen LogP contribution in [-0.4, -0.2) is 75.5 Å². The van der Waals surface area contributed by atoms with Crippen LogP contribution in [0.3, 0.4) is 0 Å². The molecule has 0 aliphatic carbocycles. The van der Waals surface area contributed by atoms with Gasteiger partial charge >= 0.3 is 0 Å². The lowest BCUT2D eigenvalue weighted by Crippen LogP contribution is -2.41. The van der Waals surface area contributed by atoms with E-state index < -0.39 is 0 Å².